The van der Waals surface area contributed by atoms with E-state index >= 15 is 0 Å². The average Bonchev–Trinajstić information content (AvgIpc) is 2.23. The average molecular weight is 263 g/mol. The van der Waals surface area contributed by atoms with Crippen LogP contribution in [0.2, 0.25) is 0 Å². The van der Waals surface area contributed by atoms with E-state index in [1.807, 2.05) is 0 Å². The lowest BCUT2D eigenvalue weighted by atomic mass is 10.1. The first kappa shape index (κ1) is 14.5. The van der Waals surface area contributed by atoms with Crippen molar-refractivity contribution in [2.24, 2.45) is 0 Å². The van der Waals surface area contributed by atoms with Gasteiger partial charge in [-0.25, -0.2) is 4.39 Å². The van der Waals surface area contributed by atoms with Crippen molar-refractivity contribution in [2.75, 3.05) is 11.4 Å². The summed E-state index contributed by atoms with van der Waals surface area (Å²) in [4.78, 5) is 11.6. The molecule has 0 aromatic heterocycles. The van der Waals surface area contributed by atoms with E-state index in [1.165, 1.54) is 6.07 Å². The summed E-state index contributed by atoms with van der Waals surface area (Å²) in [6.45, 7) is 1.95. The molecule has 1 aromatic rings. The minimum absolute atomic E-state index is 0.0119. The highest BCUT2D eigenvalue weighted by atomic mass is 19.4. The molecule has 0 N–H and O–H groups in total. The van der Waals surface area contributed by atoms with Gasteiger partial charge in [-0.3, -0.25) is 4.79 Å². The maximum absolute atomic E-state index is 13.2. The van der Waals surface area contributed by atoms with Crippen LogP contribution in [0.4, 0.5) is 23.2 Å². The lowest BCUT2D eigenvalue weighted by Crippen LogP contribution is -2.39. The minimum Gasteiger partial charge on any atom is -0.360 e. The molecule has 0 amide bonds. The van der Waals surface area contributed by atoms with Crippen molar-refractivity contribution in [1.82, 2.24) is 0 Å². The second-order valence-corrected chi connectivity index (χ2v) is 4.20. The Balaban J connectivity index is 3.13. The number of rotatable bonds is 4. The van der Waals surface area contributed by atoms with Crippen molar-refractivity contribution in [3.8, 4) is 0 Å². The van der Waals surface area contributed by atoms with Gasteiger partial charge >= 0.3 is 6.18 Å². The van der Waals surface area contributed by atoms with Gasteiger partial charge in [-0.2, -0.15) is 13.2 Å². The Bertz CT molecular complexity index is 429. The normalized spacial score (nSPS) is 11.7. The Morgan fingerprint density at radius 3 is 2.33 bits per heavy atom. The number of nitrogens with zero attached hydrogens (tertiary/aromatic N) is 1. The van der Waals surface area contributed by atoms with Gasteiger partial charge in [0.05, 0.1) is 0 Å². The molecule has 0 bridgehead atoms. The van der Waals surface area contributed by atoms with Crippen LogP contribution >= 0.6 is 0 Å². The molecule has 2 nitrogen and oxygen atoms in total. The second kappa shape index (κ2) is 5.37. The topological polar surface area (TPSA) is 20.3 Å². The number of alkyl halides is 3. The number of anilines is 1. The smallest absolute Gasteiger partial charge is 0.360 e. The van der Waals surface area contributed by atoms with E-state index < -0.39 is 24.6 Å². The van der Waals surface area contributed by atoms with Crippen LogP contribution in [-0.4, -0.2) is 25.0 Å². The van der Waals surface area contributed by atoms with E-state index in [2.05, 4.69) is 0 Å². The molecule has 0 fully saturated rings. The van der Waals surface area contributed by atoms with Crippen molar-refractivity contribution in [1.29, 1.82) is 0 Å². The molecule has 0 unspecified atom stereocenters. The first-order valence-electron chi connectivity index (χ1n) is 5.32. The zero-order valence-corrected chi connectivity index (χ0v) is 9.96. The molecule has 18 heavy (non-hydrogen) atoms. The third kappa shape index (κ3) is 4.01. The first-order chi connectivity index (χ1) is 8.23. The Labute approximate surface area is 102 Å². The number of carbonyl (C=O) groups is 1. The Hall–Kier alpha value is -1.59. The molecular formula is C12H13F4NO. The van der Waals surface area contributed by atoms with Crippen molar-refractivity contribution in [2.45, 2.75) is 26.1 Å². The predicted molar refractivity (Wildman–Crippen MR) is 60.3 cm³/mol. The Morgan fingerprint density at radius 1 is 1.28 bits per heavy atom. The molecule has 100 valence electrons. The molecule has 0 saturated heterocycles. The lowest BCUT2D eigenvalue weighted by molar-refractivity contribution is -0.120. The van der Waals surface area contributed by atoms with Crippen LogP contribution in [0.25, 0.3) is 0 Å². The highest BCUT2D eigenvalue weighted by Gasteiger charge is 2.32. The summed E-state index contributed by atoms with van der Waals surface area (Å²) in [5, 5.41) is 0. The SMILES string of the molecule is CC(C)N(CC(F)(F)F)c1cc(F)cc(C=O)c1. The number of benzene rings is 1. The highest BCUT2D eigenvalue weighted by molar-refractivity contribution is 5.77. The minimum atomic E-state index is -4.39. The van der Waals surface area contributed by atoms with Crippen LogP contribution in [0, 0.1) is 5.82 Å². The summed E-state index contributed by atoms with van der Waals surface area (Å²) >= 11 is 0. The molecule has 0 aliphatic heterocycles. The van der Waals surface area contributed by atoms with Gasteiger partial charge in [0.2, 0.25) is 0 Å². The molecule has 6 heteroatoms. The zero-order chi connectivity index (χ0) is 13.9. The molecule has 0 aliphatic carbocycles. The number of halogens is 4. The summed E-state index contributed by atoms with van der Waals surface area (Å²) in [5.74, 6) is -0.734. The van der Waals surface area contributed by atoms with E-state index in [9.17, 15) is 22.4 Å². The van der Waals surface area contributed by atoms with Gasteiger partial charge in [-0.15, -0.1) is 0 Å². The van der Waals surface area contributed by atoms with Gasteiger partial charge in [0.25, 0.3) is 0 Å². The fourth-order valence-electron chi connectivity index (χ4n) is 1.60. The summed E-state index contributed by atoms with van der Waals surface area (Å²) in [5.41, 5.74) is 0.0576. The molecule has 1 rings (SSSR count). The number of hydrogen-bond acceptors (Lipinski definition) is 2. The molecule has 0 spiro atoms. The number of aldehydes is 1. The van der Waals surface area contributed by atoms with Crippen molar-refractivity contribution >= 4 is 12.0 Å². The maximum Gasteiger partial charge on any atom is 0.405 e. The van der Waals surface area contributed by atoms with E-state index in [4.69, 9.17) is 0 Å². The third-order valence-corrected chi connectivity index (χ3v) is 2.35. The largest absolute Gasteiger partial charge is 0.405 e. The van der Waals surface area contributed by atoms with E-state index in [-0.39, 0.29) is 11.3 Å². The van der Waals surface area contributed by atoms with Crippen molar-refractivity contribution in [3.05, 3.63) is 29.6 Å². The van der Waals surface area contributed by atoms with Gasteiger partial charge in [0.15, 0.2) is 0 Å². The summed E-state index contributed by atoms with van der Waals surface area (Å²) in [6, 6.07) is 2.73. The van der Waals surface area contributed by atoms with Gasteiger partial charge < -0.3 is 4.90 Å². The monoisotopic (exact) mass is 263 g/mol. The quantitative estimate of drug-likeness (QED) is 0.613. The third-order valence-electron chi connectivity index (χ3n) is 2.35. The van der Waals surface area contributed by atoms with Gasteiger partial charge in [-0.05, 0) is 32.0 Å². The summed E-state index contributed by atoms with van der Waals surface area (Å²) in [6.07, 6.45) is -3.99. The molecule has 0 aliphatic rings. The van der Waals surface area contributed by atoms with E-state index in [0.29, 0.717) is 6.29 Å². The fraction of sp³-hybridized carbons (Fsp3) is 0.417. The van der Waals surface area contributed by atoms with Crippen LogP contribution in [0.15, 0.2) is 18.2 Å². The summed E-state index contributed by atoms with van der Waals surface area (Å²) in [7, 11) is 0. The first-order valence-corrected chi connectivity index (χ1v) is 5.32. The maximum atomic E-state index is 13.2. The van der Waals surface area contributed by atoms with E-state index in [0.717, 1.165) is 17.0 Å². The molecule has 0 atom stereocenters. The van der Waals surface area contributed by atoms with Crippen LogP contribution in [0.5, 0.6) is 0 Å². The molecular weight excluding hydrogens is 250 g/mol. The van der Waals surface area contributed by atoms with Crippen LogP contribution in [0.1, 0.15) is 24.2 Å². The van der Waals surface area contributed by atoms with Gasteiger partial charge in [-0.1, -0.05) is 0 Å². The van der Waals surface area contributed by atoms with Gasteiger partial charge in [0, 0.05) is 17.3 Å². The fourth-order valence-corrected chi connectivity index (χ4v) is 1.60. The molecule has 0 heterocycles. The second-order valence-electron chi connectivity index (χ2n) is 4.20. The molecule has 0 saturated carbocycles. The Kier molecular flexibility index (Phi) is 4.32. The van der Waals surface area contributed by atoms with Gasteiger partial charge in [0.1, 0.15) is 18.6 Å². The van der Waals surface area contributed by atoms with Crippen molar-refractivity contribution < 1.29 is 22.4 Å². The van der Waals surface area contributed by atoms with Crippen LogP contribution < -0.4 is 4.90 Å². The Morgan fingerprint density at radius 2 is 1.89 bits per heavy atom. The predicted octanol–water partition coefficient (Wildman–Crippen LogP) is 3.42. The zero-order valence-electron chi connectivity index (χ0n) is 9.96. The number of carbonyl (C=O) groups excluding carboxylic acids is 1. The standard InChI is InChI=1S/C12H13F4NO/c1-8(2)17(7-12(14,15)16)11-4-9(6-18)3-10(13)5-11/h3-6,8H,7H2,1-2H3. The van der Waals surface area contributed by atoms with Crippen molar-refractivity contribution in [3.63, 3.8) is 0 Å². The van der Waals surface area contributed by atoms with Crippen LogP contribution in [-0.2, 0) is 0 Å². The molecule has 0 radical (unpaired) electrons. The summed E-state index contributed by atoms with van der Waals surface area (Å²) < 4.78 is 50.5. The number of hydrogen-bond donors (Lipinski definition) is 0. The lowest BCUT2D eigenvalue weighted by Gasteiger charge is -2.30. The highest BCUT2D eigenvalue weighted by Crippen LogP contribution is 2.25. The van der Waals surface area contributed by atoms with Crippen LogP contribution in [0.3, 0.4) is 0 Å². The van der Waals surface area contributed by atoms with E-state index in [1.54, 1.807) is 13.8 Å². The molecule has 1 aromatic carbocycles.